The molecule has 0 aromatic carbocycles. The van der Waals surface area contributed by atoms with E-state index in [4.69, 9.17) is 5.73 Å². The Bertz CT molecular complexity index is 145. The Kier molecular flexibility index (Phi) is 4.04. The third-order valence-electron chi connectivity index (χ3n) is 2.08. The lowest BCUT2D eigenvalue weighted by Gasteiger charge is -2.25. The van der Waals surface area contributed by atoms with Crippen molar-refractivity contribution in [3.05, 3.63) is 0 Å². The van der Waals surface area contributed by atoms with E-state index < -0.39 is 0 Å². The second-order valence-corrected chi connectivity index (χ2v) is 3.14. The molecule has 0 atom stereocenters. The van der Waals surface area contributed by atoms with Gasteiger partial charge in [0.05, 0.1) is 5.92 Å². The number of carbonyl (C=O) groups is 1. The van der Waals surface area contributed by atoms with E-state index in [0.29, 0.717) is 6.54 Å². The molecule has 1 fully saturated rings. The molecule has 1 saturated heterocycles. The van der Waals surface area contributed by atoms with Gasteiger partial charge in [0.15, 0.2) is 0 Å². The van der Waals surface area contributed by atoms with Crippen LogP contribution in [-0.2, 0) is 4.79 Å². The van der Waals surface area contributed by atoms with Crippen molar-refractivity contribution < 1.29 is 4.79 Å². The summed E-state index contributed by atoms with van der Waals surface area (Å²) in [6.45, 7) is 3.15. The zero-order valence-corrected chi connectivity index (χ0v) is 7.31. The smallest absolute Gasteiger partial charge is 0.225 e. The normalized spacial score (nSPS) is 17.1. The molecule has 4 N–H and O–H groups in total. The molecular weight excluding hydrogens is 154 g/mol. The summed E-state index contributed by atoms with van der Waals surface area (Å²) in [5, 5.41) is 5.95. The van der Waals surface area contributed by atoms with Crippen LogP contribution < -0.4 is 16.4 Å². The van der Waals surface area contributed by atoms with Crippen LogP contribution in [0.3, 0.4) is 0 Å². The molecule has 0 aromatic heterocycles. The van der Waals surface area contributed by atoms with Gasteiger partial charge in [0.2, 0.25) is 5.91 Å². The van der Waals surface area contributed by atoms with Crippen LogP contribution in [-0.4, -0.2) is 32.1 Å². The van der Waals surface area contributed by atoms with Gasteiger partial charge in [-0.1, -0.05) is 0 Å². The predicted molar refractivity (Wildman–Crippen MR) is 47.7 cm³/mol. The van der Waals surface area contributed by atoms with Crippen LogP contribution in [0.2, 0.25) is 0 Å². The van der Waals surface area contributed by atoms with Gasteiger partial charge in [-0.3, -0.25) is 4.79 Å². The first-order valence-electron chi connectivity index (χ1n) is 4.53. The second-order valence-electron chi connectivity index (χ2n) is 3.14. The van der Waals surface area contributed by atoms with Gasteiger partial charge < -0.3 is 16.4 Å². The van der Waals surface area contributed by atoms with Crippen LogP contribution >= 0.6 is 0 Å². The minimum atomic E-state index is 0.186. The minimum absolute atomic E-state index is 0.186. The molecule has 0 bridgehead atoms. The number of nitrogens with one attached hydrogen (secondary N) is 2. The van der Waals surface area contributed by atoms with Gasteiger partial charge in [0.1, 0.15) is 0 Å². The Hall–Kier alpha value is -0.610. The zero-order valence-electron chi connectivity index (χ0n) is 7.31. The van der Waals surface area contributed by atoms with E-state index in [2.05, 4.69) is 10.6 Å². The number of nitrogens with two attached hydrogens (primary N) is 1. The first-order valence-corrected chi connectivity index (χ1v) is 4.53. The molecule has 70 valence electrons. The molecule has 4 heteroatoms. The summed E-state index contributed by atoms with van der Waals surface area (Å²) in [7, 11) is 0. The number of hydrogen-bond acceptors (Lipinski definition) is 3. The van der Waals surface area contributed by atoms with Crippen LogP contribution in [0.4, 0.5) is 0 Å². The van der Waals surface area contributed by atoms with E-state index in [1.165, 1.54) is 0 Å². The van der Waals surface area contributed by atoms with Gasteiger partial charge in [-0.2, -0.15) is 0 Å². The fourth-order valence-electron chi connectivity index (χ4n) is 1.10. The van der Waals surface area contributed by atoms with Crippen LogP contribution in [0, 0.1) is 5.92 Å². The summed E-state index contributed by atoms with van der Waals surface area (Å²) < 4.78 is 0. The van der Waals surface area contributed by atoms with Crippen molar-refractivity contribution in [3.8, 4) is 0 Å². The van der Waals surface area contributed by atoms with Crippen molar-refractivity contribution in [1.29, 1.82) is 0 Å². The third-order valence-corrected chi connectivity index (χ3v) is 2.08. The highest BCUT2D eigenvalue weighted by Crippen LogP contribution is 2.01. The van der Waals surface area contributed by atoms with E-state index in [9.17, 15) is 4.79 Å². The summed E-state index contributed by atoms with van der Waals surface area (Å²) in [6, 6.07) is 0. The van der Waals surface area contributed by atoms with Crippen molar-refractivity contribution in [2.75, 3.05) is 26.2 Å². The lowest BCUT2D eigenvalue weighted by Crippen LogP contribution is -2.50. The summed E-state index contributed by atoms with van der Waals surface area (Å²) in [5.41, 5.74) is 5.32. The molecule has 0 saturated carbocycles. The SMILES string of the molecule is NCCCCNC(=O)C1CNC1. The maximum Gasteiger partial charge on any atom is 0.225 e. The Morgan fingerprint density at radius 2 is 2.25 bits per heavy atom. The summed E-state index contributed by atoms with van der Waals surface area (Å²) in [6.07, 6.45) is 1.98. The van der Waals surface area contributed by atoms with E-state index in [-0.39, 0.29) is 11.8 Å². The Morgan fingerprint density at radius 3 is 2.75 bits per heavy atom. The lowest BCUT2D eigenvalue weighted by molar-refractivity contribution is -0.126. The number of carbonyl (C=O) groups excluding carboxylic acids is 1. The molecule has 0 radical (unpaired) electrons. The van der Waals surface area contributed by atoms with Crippen molar-refractivity contribution in [3.63, 3.8) is 0 Å². The van der Waals surface area contributed by atoms with Crippen molar-refractivity contribution in [2.24, 2.45) is 11.7 Å². The van der Waals surface area contributed by atoms with Gasteiger partial charge in [-0.05, 0) is 19.4 Å². The van der Waals surface area contributed by atoms with Crippen molar-refractivity contribution in [2.45, 2.75) is 12.8 Å². The Morgan fingerprint density at radius 1 is 1.50 bits per heavy atom. The first kappa shape index (κ1) is 9.48. The topological polar surface area (TPSA) is 67.1 Å². The van der Waals surface area contributed by atoms with Gasteiger partial charge >= 0.3 is 0 Å². The van der Waals surface area contributed by atoms with E-state index in [0.717, 1.165) is 32.5 Å². The second kappa shape index (κ2) is 5.11. The molecule has 0 aliphatic carbocycles. The largest absolute Gasteiger partial charge is 0.356 e. The minimum Gasteiger partial charge on any atom is -0.356 e. The fraction of sp³-hybridized carbons (Fsp3) is 0.875. The van der Waals surface area contributed by atoms with Gasteiger partial charge in [0, 0.05) is 19.6 Å². The van der Waals surface area contributed by atoms with E-state index in [1.807, 2.05) is 0 Å². The van der Waals surface area contributed by atoms with Gasteiger partial charge in [-0.25, -0.2) is 0 Å². The number of rotatable bonds is 5. The number of hydrogen-bond donors (Lipinski definition) is 3. The third kappa shape index (κ3) is 2.79. The van der Waals surface area contributed by atoms with Crippen molar-refractivity contribution >= 4 is 5.91 Å². The van der Waals surface area contributed by atoms with E-state index in [1.54, 1.807) is 0 Å². The van der Waals surface area contributed by atoms with Gasteiger partial charge in [0.25, 0.3) is 0 Å². The Labute approximate surface area is 72.9 Å². The monoisotopic (exact) mass is 171 g/mol. The van der Waals surface area contributed by atoms with Crippen LogP contribution in [0.1, 0.15) is 12.8 Å². The molecule has 1 aliphatic heterocycles. The molecule has 1 aliphatic rings. The number of amides is 1. The van der Waals surface area contributed by atoms with Gasteiger partial charge in [-0.15, -0.1) is 0 Å². The van der Waals surface area contributed by atoms with Crippen LogP contribution in [0.25, 0.3) is 0 Å². The average Bonchev–Trinajstić information content (AvgIpc) is 1.95. The average molecular weight is 171 g/mol. The van der Waals surface area contributed by atoms with E-state index >= 15 is 0 Å². The Balaban J connectivity index is 1.94. The summed E-state index contributed by atoms with van der Waals surface area (Å²) >= 11 is 0. The molecule has 1 heterocycles. The highest BCUT2D eigenvalue weighted by Gasteiger charge is 2.23. The highest BCUT2D eigenvalue weighted by molar-refractivity contribution is 5.79. The lowest BCUT2D eigenvalue weighted by atomic mass is 10.0. The maximum absolute atomic E-state index is 11.2. The molecule has 0 unspecified atom stereocenters. The number of unbranched alkanes of at least 4 members (excludes halogenated alkanes) is 1. The maximum atomic E-state index is 11.2. The highest BCUT2D eigenvalue weighted by atomic mass is 16.2. The molecule has 1 rings (SSSR count). The molecule has 12 heavy (non-hydrogen) atoms. The molecule has 0 aromatic rings. The van der Waals surface area contributed by atoms with Crippen LogP contribution in [0.5, 0.6) is 0 Å². The van der Waals surface area contributed by atoms with Crippen LogP contribution in [0.15, 0.2) is 0 Å². The van der Waals surface area contributed by atoms with Crippen molar-refractivity contribution in [1.82, 2.24) is 10.6 Å². The first-order chi connectivity index (χ1) is 5.84. The summed E-state index contributed by atoms with van der Waals surface area (Å²) in [4.78, 5) is 11.2. The molecule has 1 amide bonds. The quantitative estimate of drug-likeness (QED) is 0.468. The zero-order chi connectivity index (χ0) is 8.81. The summed E-state index contributed by atoms with van der Waals surface area (Å²) in [5.74, 6) is 0.397. The fourth-order valence-corrected chi connectivity index (χ4v) is 1.10. The molecule has 0 spiro atoms. The molecular formula is C8H17N3O. The molecule has 4 nitrogen and oxygen atoms in total. The predicted octanol–water partition coefficient (Wildman–Crippen LogP) is -0.939. The standard InChI is InChI=1S/C8H17N3O/c9-3-1-2-4-11-8(12)7-5-10-6-7/h7,10H,1-6,9H2,(H,11,12).